The maximum atomic E-state index is 11.8. The third kappa shape index (κ3) is 17.2. The van der Waals surface area contributed by atoms with Crippen molar-refractivity contribution in [3.05, 3.63) is 0 Å². The zero-order chi connectivity index (χ0) is 27.2. The third-order valence-corrected chi connectivity index (χ3v) is 6.29. The lowest BCUT2D eigenvalue weighted by atomic mass is 10.2. The number of nitrogens with one attached hydrogen (secondary N) is 1. The molecular weight excluding hydrogens is 656 g/mol. The molecule has 0 bridgehead atoms. The number of halogens is 3. The van der Waals surface area contributed by atoms with Gasteiger partial charge in [-0.2, -0.15) is 0 Å². The Labute approximate surface area is 234 Å². The molecule has 0 aromatic carbocycles. The highest BCUT2D eigenvalue weighted by Gasteiger charge is 2.27. The highest BCUT2D eigenvalue weighted by molar-refractivity contribution is 9.19. The predicted octanol–water partition coefficient (Wildman–Crippen LogP) is 3.59. The van der Waals surface area contributed by atoms with Crippen molar-refractivity contribution >= 4 is 70.6 Å². The maximum Gasteiger partial charge on any atom is 0.410 e. The van der Waals surface area contributed by atoms with Crippen LogP contribution in [0.3, 0.4) is 0 Å². The van der Waals surface area contributed by atoms with Crippen LogP contribution in [0.25, 0.3) is 0 Å². The highest BCUT2D eigenvalue weighted by Crippen LogP contribution is 2.12. The lowest BCUT2D eigenvalue weighted by Crippen LogP contribution is -2.51. The number of hydrogen-bond donors (Lipinski definition) is 1. The van der Waals surface area contributed by atoms with Gasteiger partial charge >= 0.3 is 12.2 Å². The summed E-state index contributed by atoms with van der Waals surface area (Å²) in [6, 6.07) is 0. The SMILES string of the molecule is CC(C)(C)OC(=O)N1CCN(C(=O)CBr)CC1.CC(C)(C)OC(=O)N1CCNCC1.O=C(Br)CBr. The number of nitrogens with zero attached hydrogens (tertiary/aromatic N) is 3. The van der Waals surface area contributed by atoms with Gasteiger partial charge in [0.15, 0.2) is 0 Å². The molecule has 10 nitrogen and oxygen atoms in total. The van der Waals surface area contributed by atoms with E-state index in [4.69, 9.17) is 9.47 Å². The lowest BCUT2D eigenvalue weighted by molar-refractivity contribution is -0.130. The number of amides is 3. The Bertz CT molecular complexity index is 684. The second kappa shape index (κ2) is 16.8. The number of hydrogen-bond acceptors (Lipinski definition) is 7. The Morgan fingerprint density at radius 1 is 0.686 bits per heavy atom. The minimum atomic E-state index is -0.472. The topological polar surface area (TPSA) is 108 Å². The third-order valence-electron chi connectivity index (χ3n) is 4.27. The van der Waals surface area contributed by atoms with Gasteiger partial charge in [-0.1, -0.05) is 31.9 Å². The summed E-state index contributed by atoms with van der Waals surface area (Å²) in [5, 5.41) is 3.91. The van der Waals surface area contributed by atoms with Gasteiger partial charge in [-0.15, -0.1) is 0 Å². The molecule has 2 rings (SSSR count). The maximum absolute atomic E-state index is 11.8. The number of rotatable bonds is 2. The van der Waals surface area contributed by atoms with Crippen molar-refractivity contribution in [1.29, 1.82) is 0 Å². The molecule has 35 heavy (non-hydrogen) atoms. The van der Waals surface area contributed by atoms with E-state index in [0.29, 0.717) is 36.8 Å². The summed E-state index contributed by atoms with van der Waals surface area (Å²) >= 11 is 8.74. The predicted molar refractivity (Wildman–Crippen MR) is 147 cm³/mol. The zero-order valence-corrected chi connectivity index (χ0v) is 26.3. The molecule has 0 spiro atoms. The van der Waals surface area contributed by atoms with Crippen LogP contribution < -0.4 is 5.32 Å². The molecule has 2 saturated heterocycles. The molecule has 2 aliphatic rings. The van der Waals surface area contributed by atoms with E-state index in [9.17, 15) is 19.2 Å². The number of ether oxygens (including phenoxy) is 2. The summed E-state index contributed by atoms with van der Waals surface area (Å²) in [6.07, 6.45) is -0.502. The van der Waals surface area contributed by atoms with E-state index >= 15 is 0 Å². The van der Waals surface area contributed by atoms with Crippen LogP contribution in [0.2, 0.25) is 0 Å². The summed E-state index contributed by atoms with van der Waals surface area (Å²) in [7, 11) is 0. The van der Waals surface area contributed by atoms with Crippen LogP contribution in [-0.2, 0) is 19.1 Å². The fourth-order valence-corrected chi connectivity index (χ4v) is 3.08. The first kappa shape index (κ1) is 34.1. The van der Waals surface area contributed by atoms with Crippen LogP contribution in [0.1, 0.15) is 41.5 Å². The van der Waals surface area contributed by atoms with Crippen LogP contribution in [0.4, 0.5) is 9.59 Å². The van der Waals surface area contributed by atoms with Crippen molar-refractivity contribution in [3.63, 3.8) is 0 Å². The number of carbonyl (C=O) groups excluding carboxylic acids is 4. The standard InChI is InChI=1S/C11H19BrN2O3.C9H18N2O2.C2H2Br2O/c1-11(2,3)17-10(16)14-6-4-13(5-7-14)9(15)8-12;1-9(2,3)13-8(12)11-6-4-10-5-7-11;3-1-2(4)5/h4-8H2,1-3H3;10H,4-7H2,1-3H3;1H2. The fraction of sp³-hybridized carbons (Fsp3) is 0.818. The van der Waals surface area contributed by atoms with Gasteiger partial charge in [-0.05, 0) is 57.5 Å². The summed E-state index contributed by atoms with van der Waals surface area (Å²) in [5.41, 5.74) is -0.859. The number of carbonyl (C=O) groups is 4. The molecule has 0 radical (unpaired) electrons. The summed E-state index contributed by atoms with van der Waals surface area (Å²) < 4.78 is 10.5. The zero-order valence-electron chi connectivity index (χ0n) is 21.5. The van der Waals surface area contributed by atoms with E-state index in [1.165, 1.54) is 0 Å². The van der Waals surface area contributed by atoms with Gasteiger partial charge < -0.3 is 29.5 Å². The van der Waals surface area contributed by atoms with E-state index in [0.717, 1.165) is 26.2 Å². The van der Waals surface area contributed by atoms with Gasteiger partial charge in [0.2, 0.25) is 10.6 Å². The van der Waals surface area contributed by atoms with Crippen molar-refractivity contribution in [2.45, 2.75) is 52.7 Å². The van der Waals surface area contributed by atoms with Crippen molar-refractivity contribution in [2.75, 3.05) is 63.0 Å². The largest absolute Gasteiger partial charge is 0.444 e. The quantitative estimate of drug-likeness (QED) is 0.348. The Morgan fingerprint density at radius 3 is 1.34 bits per heavy atom. The molecule has 2 fully saturated rings. The molecule has 2 heterocycles. The summed E-state index contributed by atoms with van der Waals surface area (Å²) in [5.74, 6) is 0.0637. The van der Waals surface area contributed by atoms with Crippen molar-refractivity contribution in [1.82, 2.24) is 20.0 Å². The minimum Gasteiger partial charge on any atom is -0.444 e. The molecule has 204 valence electrons. The lowest BCUT2D eigenvalue weighted by Gasteiger charge is -2.35. The van der Waals surface area contributed by atoms with Crippen LogP contribution >= 0.6 is 47.8 Å². The van der Waals surface area contributed by atoms with Gasteiger partial charge in [-0.3, -0.25) is 9.59 Å². The van der Waals surface area contributed by atoms with Crippen LogP contribution in [0.5, 0.6) is 0 Å². The molecule has 0 unspecified atom stereocenters. The molecule has 13 heteroatoms. The van der Waals surface area contributed by atoms with E-state index in [2.05, 4.69) is 53.1 Å². The first-order valence-corrected chi connectivity index (χ1v) is 14.4. The van der Waals surface area contributed by atoms with Gasteiger partial charge in [0.1, 0.15) is 11.2 Å². The molecule has 0 aromatic heterocycles. The van der Waals surface area contributed by atoms with Crippen LogP contribution in [-0.4, -0.2) is 112 Å². The molecular formula is C22H39Br3N4O6. The monoisotopic (exact) mass is 692 g/mol. The van der Waals surface area contributed by atoms with Crippen LogP contribution in [0.15, 0.2) is 0 Å². The van der Waals surface area contributed by atoms with E-state index < -0.39 is 5.60 Å². The smallest absolute Gasteiger partial charge is 0.410 e. The summed E-state index contributed by atoms with van der Waals surface area (Å²) in [6.45, 7) is 16.6. The van der Waals surface area contributed by atoms with Gasteiger partial charge in [-0.25, -0.2) is 9.59 Å². The first-order chi connectivity index (χ1) is 16.1. The molecule has 1 N–H and O–H groups in total. The normalized spacial score (nSPS) is 16.2. The number of alkyl halides is 2. The Morgan fingerprint density at radius 2 is 1.03 bits per heavy atom. The molecule has 0 aliphatic carbocycles. The van der Waals surface area contributed by atoms with Crippen molar-refractivity contribution in [3.8, 4) is 0 Å². The van der Waals surface area contributed by atoms with E-state index in [-0.39, 0.29) is 28.4 Å². The summed E-state index contributed by atoms with van der Waals surface area (Å²) in [4.78, 5) is 49.5. The second-order valence-electron chi connectivity index (χ2n) is 9.69. The van der Waals surface area contributed by atoms with E-state index in [1.807, 2.05) is 41.5 Å². The van der Waals surface area contributed by atoms with Crippen LogP contribution in [0, 0.1) is 0 Å². The van der Waals surface area contributed by atoms with Gasteiger partial charge in [0.05, 0.1) is 10.7 Å². The van der Waals surface area contributed by atoms with E-state index in [1.54, 1.807) is 14.7 Å². The first-order valence-electron chi connectivity index (χ1n) is 11.3. The van der Waals surface area contributed by atoms with Crippen molar-refractivity contribution in [2.24, 2.45) is 0 Å². The fourth-order valence-electron chi connectivity index (χ4n) is 2.72. The van der Waals surface area contributed by atoms with Gasteiger partial charge in [0.25, 0.3) is 0 Å². The average Bonchev–Trinajstić information content (AvgIpc) is 2.77. The molecule has 3 amide bonds. The number of piperazine rings is 2. The second-order valence-corrected chi connectivity index (χ2v) is 11.7. The average molecular weight is 695 g/mol. The molecule has 2 aliphatic heterocycles. The Kier molecular flexibility index (Phi) is 16.3. The van der Waals surface area contributed by atoms with Gasteiger partial charge in [0, 0.05) is 52.4 Å². The minimum absolute atomic E-state index is 0.0162. The molecule has 0 saturated carbocycles. The Hall–Kier alpha value is -0.920. The Balaban J connectivity index is 0.000000567. The molecule has 0 aromatic rings. The highest BCUT2D eigenvalue weighted by atomic mass is 79.9. The molecule has 0 atom stereocenters. The van der Waals surface area contributed by atoms with Crippen molar-refractivity contribution < 1.29 is 28.7 Å².